The zero-order valence-electron chi connectivity index (χ0n) is 12.0. The van der Waals surface area contributed by atoms with Crippen molar-refractivity contribution in [2.24, 2.45) is 0 Å². The van der Waals surface area contributed by atoms with E-state index in [2.05, 4.69) is 6.92 Å². The fourth-order valence-corrected chi connectivity index (χ4v) is 3.23. The van der Waals surface area contributed by atoms with Crippen molar-refractivity contribution >= 4 is 10.1 Å². The van der Waals surface area contributed by atoms with E-state index in [4.69, 9.17) is 0 Å². The molecule has 0 heterocycles. The van der Waals surface area contributed by atoms with Gasteiger partial charge in [-0.05, 0) is 12.0 Å². The van der Waals surface area contributed by atoms with E-state index in [0.717, 1.165) is 19.3 Å². The van der Waals surface area contributed by atoms with E-state index in [-0.39, 0.29) is 21.1 Å². The van der Waals surface area contributed by atoms with Crippen LogP contribution in [-0.4, -0.2) is 13.0 Å². The van der Waals surface area contributed by atoms with Crippen molar-refractivity contribution in [2.45, 2.75) is 57.1 Å². The van der Waals surface area contributed by atoms with E-state index >= 15 is 0 Å². The van der Waals surface area contributed by atoms with Crippen molar-refractivity contribution in [3.63, 3.8) is 0 Å². The van der Waals surface area contributed by atoms with Crippen LogP contribution in [0, 0.1) is 0 Å². The Balaban J connectivity index is 0.00000361. The van der Waals surface area contributed by atoms with E-state index in [0.29, 0.717) is 12.0 Å². The number of unbranched alkanes of at least 4 members (excludes halogenated alkanes) is 5. The van der Waals surface area contributed by atoms with Crippen LogP contribution < -0.4 is 0 Å². The van der Waals surface area contributed by atoms with Crippen molar-refractivity contribution in [1.29, 1.82) is 0 Å². The first kappa shape index (κ1) is 19.8. The number of hydrogen-bond donors (Lipinski definition) is 1. The molecule has 20 heavy (non-hydrogen) atoms. The molecule has 0 aromatic heterocycles. The number of hydrogen-bond acceptors (Lipinski definition) is 2. The summed E-state index contributed by atoms with van der Waals surface area (Å²) in [4.78, 5) is 0. The molecule has 0 radical (unpaired) electrons. The SMILES string of the molecule is CCCCCCCCC(c1ccccc1)S(=O)(=O)O.[Mo]. The fourth-order valence-electron chi connectivity index (χ4n) is 2.27. The van der Waals surface area contributed by atoms with Gasteiger partial charge in [-0.25, -0.2) is 0 Å². The molecule has 1 rings (SSSR count). The van der Waals surface area contributed by atoms with Crippen LogP contribution in [0.25, 0.3) is 0 Å². The van der Waals surface area contributed by atoms with E-state index in [1.165, 1.54) is 19.3 Å². The summed E-state index contributed by atoms with van der Waals surface area (Å²) >= 11 is 0. The molecule has 1 unspecified atom stereocenters. The minimum Gasteiger partial charge on any atom is -0.285 e. The van der Waals surface area contributed by atoms with Crippen molar-refractivity contribution in [3.05, 3.63) is 35.9 Å². The molecule has 0 saturated heterocycles. The molecule has 0 saturated carbocycles. The first-order valence-electron chi connectivity index (χ1n) is 7.07. The van der Waals surface area contributed by atoms with Crippen LogP contribution in [0.1, 0.15) is 62.7 Å². The Hall–Kier alpha value is -0.182. The van der Waals surface area contributed by atoms with Crippen molar-refractivity contribution in [2.75, 3.05) is 0 Å². The van der Waals surface area contributed by atoms with Gasteiger partial charge in [0.05, 0.1) is 0 Å². The summed E-state index contributed by atoms with van der Waals surface area (Å²) in [5, 5.41) is -0.778. The van der Waals surface area contributed by atoms with Crippen LogP contribution in [0.15, 0.2) is 30.3 Å². The monoisotopic (exact) mass is 382 g/mol. The van der Waals surface area contributed by atoms with Crippen LogP contribution >= 0.6 is 0 Å². The molecule has 1 aromatic carbocycles. The van der Waals surface area contributed by atoms with Crippen LogP contribution in [-0.2, 0) is 31.2 Å². The Morgan fingerprint density at radius 3 is 2.10 bits per heavy atom. The second-order valence-electron chi connectivity index (χ2n) is 4.97. The van der Waals surface area contributed by atoms with Gasteiger partial charge in [0.15, 0.2) is 0 Å². The molecular formula is C15H24MoO3S. The van der Waals surface area contributed by atoms with Gasteiger partial charge in [-0.3, -0.25) is 4.55 Å². The maximum atomic E-state index is 11.5. The maximum Gasteiger partial charge on any atom is 0.271 e. The molecule has 0 spiro atoms. The Morgan fingerprint density at radius 1 is 1.00 bits per heavy atom. The second kappa shape index (κ2) is 10.5. The Morgan fingerprint density at radius 2 is 1.55 bits per heavy atom. The largest absolute Gasteiger partial charge is 0.285 e. The van der Waals surface area contributed by atoms with Crippen LogP contribution in [0.4, 0.5) is 0 Å². The summed E-state index contributed by atoms with van der Waals surface area (Å²) < 4.78 is 32.3. The van der Waals surface area contributed by atoms with Gasteiger partial charge in [-0.1, -0.05) is 75.8 Å². The molecule has 1 atom stereocenters. The first-order chi connectivity index (χ1) is 9.05. The molecule has 5 heteroatoms. The third-order valence-corrected chi connectivity index (χ3v) is 4.58. The predicted molar refractivity (Wildman–Crippen MR) is 78.7 cm³/mol. The molecule has 1 aromatic rings. The molecule has 3 nitrogen and oxygen atoms in total. The Kier molecular flexibility index (Phi) is 10.4. The Bertz CT molecular complexity index is 445. The Labute approximate surface area is 137 Å². The van der Waals surface area contributed by atoms with Gasteiger partial charge in [-0.2, -0.15) is 8.42 Å². The molecule has 1 N–H and O–H groups in total. The molecule has 0 bridgehead atoms. The average molecular weight is 380 g/mol. The predicted octanol–water partition coefficient (Wildman–Crippen LogP) is 4.36. The molecule has 0 aliphatic carbocycles. The third kappa shape index (κ3) is 7.56. The topological polar surface area (TPSA) is 54.4 Å². The molecule has 0 aliphatic rings. The van der Waals surface area contributed by atoms with Gasteiger partial charge < -0.3 is 0 Å². The molecule has 0 fully saturated rings. The number of benzene rings is 1. The summed E-state index contributed by atoms with van der Waals surface area (Å²) in [5.41, 5.74) is 0.679. The van der Waals surface area contributed by atoms with Crippen molar-refractivity contribution < 1.29 is 34.0 Å². The van der Waals surface area contributed by atoms with Gasteiger partial charge in [0.1, 0.15) is 5.25 Å². The zero-order chi connectivity index (χ0) is 14.1. The van der Waals surface area contributed by atoms with Gasteiger partial charge in [0.25, 0.3) is 10.1 Å². The minimum absolute atomic E-state index is 0. The van der Waals surface area contributed by atoms with Crippen LogP contribution in [0.5, 0.6) is 0 Å². The van der Waals surface area contributed by atoms with Gasteiger partial charge in [0.2, 0.25) is 0 Å². The van der Waals surface area contributed by atoms with E-state index in [1.54, 1.807) is 24.3 Å². The maximum absolute atomic E-state index is 11.5. The summed E-state index contributed by atoms with van der Waals surface area (Å²) in [6.07, 6.45) is 7.15. The normalized spacial score (nSPS) is 12.7. The van der Waals surface area contributed by atoms with Crippen molar-refractivity contribution in [3.8, 4) is 0 Å². The average Bonchev–Trinajstić information content (AvgIpc) is 2.37. The zero-order valence-corrected chi connectivity index (χ0v) is 14.8. The fraction of sp³-hybridized carbons (Fsp3) is 0.600. The van der Waals surface area contributed by atoms with Crippen LogP contribution in [0.3, 0.4) is 0 Å². The summed E-state index contributed by atoms with van der Waals surface area (Å²) in [5.74, 6) is 0. The standard InChI is InChI=1S/C15H24O3S.Mo/c1-2-3-4-5-6-10-13-15(19(16,17)18)14-11-8-7-9-12-14;/h7-9,11-12,15H,2-6,10,13H2,1H3,(H,16,17,18);. The summed E-state index contributed by atoms with van der Waals surface area (Å²) in [6.45, 7) is 2.17. The van der Waals surface area contributed by atoms with Gasteiger partial charge in [0, 0.05) is 21.1 Å². The molecular weight excluding hydrogens is 356 g/mol. The molecule has 0 amide bonds. The van der Waals surface area contributed by atoms with Crippen LogP contribution in [0.2, 0.25) is 0 Å². The third-order valence-electron chi connectivity index (χ3n) is 3.35. The van der Waals surface area contributed by atoms with Crippen molar-refractivity contribution in [1.82, 2.24) is 0 Å². The van der Waals surface area contributed by atoms with Gasteiger partial charge >= 0.3 is 0 Å². The van der Waals surface area contributed by atoms with E-state index in [9.17, 15) is 13.0 Å². The second-order valence-corrected chi connectivity index (χ2v) is 6.57. The smallest absolute Gasteiger partial charge is 0.271 e. The minimum atomic E-state index is -4.02. The molecule has 0 aliphatic heterocycles. The van der Waals surface area contributed by atoms with E-state index < -0.39 is 15.4 Å². The quantitative estimate of drug-likeness (QED) is 0.393. The van der Waals surface area contributed by atoms with E-state index in [1.807, 2.05) is 6.07 Å². The molecule has 114 valence electrons. The summed E-state index contributed by atoms with van der Waals surface area (Å²) in [7, 11) is -4.02. The number of rotatable bonds is 9. The first-order valence-corrected chi connectivity index (χ1v) is 8.57. The summed E-state index contributed by atoms with van der Waals surface area (Å²) in [6, 6.07) is 8.96. The van der Waals surface area contributed by atoms with Gasteiger partial charge in [-0.15, -0.1) is 0 Å².